The maximum atomic E-state index is 11.3. The van der Waals surface area contributed by atoms with Crippen molar-refractivity contribution in [1.29, 1.82) is 0 Å². The van der Waals surface area contributed by atoms with Gasteiger partial charge >= 0.3 is 5.97 Å². The van der Waals surface area contributed by atoms with E-state index in [0.717, 1.165) is 23.3 Å². The van der Waals surface area contributed by atoms with Crippen LogP contribution in [0.2, 0.25) is 0 Å². The summed E-state index contributed by atoms with van der Waals surface area (Å²) in [5.74, 6) is 0.00703. The second-order valence-electron chi connectivity index (χ2n) is 3.66. The van der Waals surface area contributed by atoms with E-state index in [1.165, 1.54) is 11.8 Å². The minimum absolute atomic E-state index is 0.0833. The maximum absolute atomic E-state index is 11.3. The number of carboxylic acids is 1. The molecule has 2 rings (SSSR count). The molecule has 1 N–H and O–H groups in total. The molecule has 0 aromatic rings. The van der Waals surface area contributed by atoms with Gasteiger partial charge in [-0.25, -0.2) is 0 Å². The minimum Gasteiger partial charge on any atom is -0.481 e. The van der Waals surface area contributed by atoms with Gasteiger partial charge in [-0.15, -0.1) is 0 Å². The highest BCUT2D eigenvalue weighted by atomic mass is 32.2. The largest absolute Gasteiger partial charge is 0.481 e. The van der Waals surface area contributed by atoms with Gasteiger partial charge < -0.3 is 5.11 Å². The molecule has 1 saturated heterocycles. The van der Waals surface area contributed by atoms with Gasteiger partial charge in [0.05, 0.1) is 5.41 Å². The van der Waals surface area contributed by atoms with Gasteiger partial charge in [-0.1, -0.05) is 11.8 Å². The Morgan fingerprint density at radius 1 is 1.62 bits per heavy atom. The molecule has 0 aromatic heterocycles. The molecule has 1 atom stereocenters. The first-order valence-electron chi connectivity index (χ1n) is 4.19. The van der Waals surface area contributed by atoms with Crippen molar-refractivity contribution in [2.75, 3.05) is 5.75 Å². The summed E-state index contributed by atoms with van der Waals surface area (Å²) < 4.78 is 0. The van der Waals surface area contributed by atoms with Gasteiger partial charge in [0, 0.05) is 11.3 Å². The molecule has 1 aliphatic heterocycles. The van der Waals surface area contributed by atoms with Crippen LogP contribution in [-0.4, -0.2) is 21.9 Å². The fourth-order valence-corrected chi connectivity index (χ4v) is 2.55. The van der Waals surface area contributed by atoms with Gasteiger partial charge in [0.15, 0.2) is 0 Å². The van der Waals surface area contributed by atoms with E-state index in [4.69, 9.17) is 5.11 Å². The van der Waals surface area contributed by atoms with Crippen LogP contribution in [-0.2, 0) is 9.59 Å². The fourth-order valence-electron chi connectivity index (χ4n) is 1.66. The van der Waals surface area contributed by atoms with Crippen LogP contribution in [0.15, 0.2) is 11.1 Å². The lowest BCUT2D eigenvalue weighted by Gasteiger charge is -1.99. The Balaban J connectivity index is 2.30. The van der Waals surface area contributed by atoms with Crippen LogP contribution in [0.3, 0.4) is 0 Å². The highest BCUT2D eigenvalue weighted by Gasteiger charge is 2.54. The molecule has 2 aliphatic rings. The first-order valence-corrected chi connectivity index (χ1v) is 5.17. The van der Waals surface area contributed by atoms with Gasteiger partial charge in [-0.2, -0.15) is 0 Å². The molecule has 0 amide bonds. The molecule has 0 spiro atoms. The molecule has 13 heavy (non-hydrogen) atoms. The summed E-state index contributed by atoms with van der Waals surface area (Å²) >= 11 is 1.30. The number of carboxylic acid groups (broad SMARTS) is 1. The van der Waals surface area contributed by atoms with Crippen LogP contribution < -0.4 is 0 Å². The topological polar surface area (TPSA) is 54.4 Å². The van der Waals surface area contributed by atoms with Crippen LogP contribution in [0.5, 0.6) is 0 Å². The van der Waals surface area contributed by atoms with E-state index in [2.05, 4.69) is 0 Å². The van der Waals surface area contributed by atoms with Crippen molar-refractivity contribution >= 4 is 22.8 Å². The zero-order valence-electron chi connectivity index (χ0n) is 7.29. The second-order valence-corrected chi connectivity index (χ2v) is 4.72. The molecule has 1 saturated carbocycles. The summed E-state index contributed by atoms with van der Waals surface area (Å²) in [5, 5.41) is 8.96. The zero-order valence-corrected chi connectivity index (χ0v) is 8.11. The van der Waals surface area contributed by atoms with Gasteiger partial charge in [0.2, 0.25) is 5.12 Å². The molecular formula is C9H10O3S. The van der Waals surface area contributed by atoms with Crippen molar-refractivity contribution in [3.05, 3.63) is 11.1 Å². The number of hydrogen-bond donors (Lipinski definition) is 1. The van der Waals surface area contributed by atoms with Crippen molar-refractivity contribution in [3.8, 4) is 0 Å². The summed E-state index contributed by atoms with van der Waals surface area (Å²) in [5.41, 5.74) is 0.903. The Labute approximate surface area is 80.2 Å². The van der Waals surface area contributed by atoms with Gasteiger partial charge in [-0.05, 0) is 25.3 Å². The SMILES string of the molecule is CC1(C(=O)O)CC1=C1CCSC1=O. The summed E-state index contributed by atoms with van der Waals surface area (Å²) in [6.07, 6.45) is 1.31. The molecule has 2 fully saturated rings. The summed E-state index contributed by atoms with van der Waals surface area (Å²) in [7, 11) is 0. The standard InChI is InChI=1S/C9H10O3S/c1-9(8(11)12)4-6(9)5-2-3-13-7(5)10/h2-4H2,1H3,(H,11,12). The van der Waals surface area contributed by atoms with E-state index in [0.29, 0.717) is 6.42 Å². The van der Waals surface area contributed by atoms with Crippen molar-refractivity contribution < 1.29 is 14.7 Å². The third-order valence-electron chi connectivity index (χ3n) is 2.74. The van der Waals surface area contributed by atoms with E-state index in [-0.39, 0.29) is 5.12 Å². The van der Waals surface area contributed by atoms with Crippen LogP contribution in [0.1, 0.15) is 19.8 Å². The van der Waals surface area contributed by atoms with Crippen molar-refractivity contribution in [3.63, 3.8) is 0 Å². The van der Waals surface area contributed by atoms with Gasteiger partial charge in [0.1, 0.15) is 0 Å². The third-order valence-corrected chi connectivity index (χ3v) is 3.66. The number of aliphatic carboxylic acids is 1. The molecule has 1 aliphatic carbocycles. The van der Waals surface area contributed by atoms with E-state index < -0.39 is 11.4 Å². The second kappa shape index (κ2) is 2.61. The fraction of sp³-hybridized carbons (Fsp3) is 0.556. The summed E-state index contributed by atoms with van der Waals surface area (Å²) in [6, 6.07) is 0. The first kappa shape index (κ1) is 8.81. The summed E-state index contributed by atoms with van der Waals surface area (Å²) in [4.78, 5) is 22.1. The molecular weight excluding hydrogens is 188 g/mol. The predicted octanol–water partition coefficient (Wildman–Crippen LogP) is 1.44. The number of thioether (sulfide) groups is 1. The van der Waals surface area contributed by atoms with E-state index in [1.807, 2.05) is 0 Å². The monoisotopic (exact) mass is 198 g/mol. The highest BCUT2D eigenvalue weighted by Crippen LogP contribution is 2.55. The molecule has 4 heteroatoms. The van der Waals surface area contributed by atoms with Crippen LogP contribution >= 0.6 is 11.8 Å². The molecule has 0 radical (unpaired) electrons. The zero-order chi connectivity index (χ0) is 9.64. The Bertz CT molecular complexity index is 332. The van der Waals surface area contributed by atoms with E-state index in [1.54, 1.807) is 6.92 Å². The molecule has 1 unspecified atom stereocenters. The Hall–Kier alpha value is -0.770. The number of carbonyl (C=O) groups is 2. The molecule has 0 aromatic carbocycles. The molecule has 3 nitrogen and oxygen atoms in total. The van der Waals surface area contributed by atoms with Gasteiger partial charge in [0.25, 0.3) is 0 Å². The smallest absolute Gasteiger partial charge is 0.313 e. The van der Waals surface area contributed by atoms with Crippen LogP contribution in [0.25, 0.3) is 0 Å². The number of hydrogen-bond acceptors (Lipinski definition) is 3. The quantitative estimate of drug-likeness (QED) is 0.648. The van der Waals surface area contributed by atoms with Crippen molar-refractivity contribution in [1.82, 2.24) is 0 Å². The molecule has 0 bridgehead atoms. The minimum atomic E-state index is -0.806. The highest BCUT2D eigenvalue weighted by molar-refractivity contribution is 8.14. The van der Waals surface area contributed by atoms with Gasteiger partial charge in [-0.3, -0.25) is 9.59 Å². The normalized spacial score (nSPS) is 38.1. The Morgan fingerprint density at radius 3 is 2.69 bits per heavy atom. The third kappa shape index (κ3) is 1.20. The summed E-state index contributed by atoms with van der Waals surface area (Å²) in [6.45, 7) is 1.69. The van der Waals surface area contributed by atoms with E-state index >= 15 is 0 Å². The number of rotatable bonds is 1. The van der Waals surface area contributed by atoms with Crippen LogP contribution in [0.4, 0.5) is 0 Å². The lowest BCUT2D eigenvalue weighted by Crippen LogP contribution is -2.10. The molecule has 1 heterocycles. The first-order chi connectivity index (χ1) is 6.05. The predicted molar refractivity (Wildman–Crippen MR) is 49.5 cm³/mol. The Morgan fingerprint density at radius 2 is 2.31 bits per heavy atom. The average Bonchev–Trinajstić information content (AvgIpc) is 2.55. The lowest BCUT2D eigenvalue weighted by atomic mass is 10.1. The maximum Gasteiger partial charge on any atom is 0.313 e. The van der Waals surface area contributed by atoms with E-state index in [9.17, 15) is 9.59 Å². The van der Waals surface area contributed by atoms with Crippen molar-refractivity contribution in [2.45, 2.75) is 19.8 Å². The van der Waals surface area contributed by atoms with Crippen LogP contribution in [0, 0.1) is 5.41 Å². The molecule has 70 valence electrons. The average molecular weight is 198 g/mol. The van der Waals surface area contributed by atoms with Crippen molar-refractivity contribution in [2.24, 2.45) is 5.41 Å². The Kier molecular flexibility index (Phi) is 1.77. The number of carbonyl (C=O) groups excluding carboxylic acids is 1. The lowest BCUT2D eigenvalue weighted by molar-refractivity contribution is -0.141.